The number of nitrogens with zero attached hydrogens (tertiary/aromatic N) is 2. The molecule has 2 N–H and O–H groups in total. The molecule has 12 heavy (non-hydrogen) atoms. The third kappa shape index (κ3) is 0.794. The molecule has 62 valence electrons. The van der Waals surface area contributed by atoms with Crippen molar-refractivity contribution in [1.82, 2.24) is 9.78 Å². The second-order valence-electron chi connectivity index (χ2n) is 2.99. The van der Waals surface area contributed by atoms with Gasteiger partial charge < -0.3 is 5.73 Å². The minimum Gasteiger partial charge on any atom is -0.398 e. The van der Waals surface area contributed by atoms with E-state index in [2.05, 4.69) is 5.10 Å². The molecule has 0 bridgehead atoms. The zero-order valence-electron chi connectivity index (χ0n) is 7.20. The van der Waals surface area contributed by atoms with E-state index in [1.165, 1.54) is 0 Å². The summed E-state index contributed by atoms with van der Waals surface area (Å²) in [7, 11) is 1.93. The molecule has 0 fully saturated rings. The molecule has 2 rings (SSSR count). The van der Waals surface area contributed by atoms with Gasteiger partial charge in [-0.1, -0.05) is 0 Å². The summed E-state index contributed by atoms with van der Waals surface area (Å²) in [4.78, 5) is 0. The van der Waals surface area contributed by atoms with Gasteiger partial charge in [0.1, 0.15) is 0 Å². The molecule has 0 aliphatic rings. The van der Waals surface area contributed by atoms with E-state index in [0.29, 0.717) is 0 Å². The van der Waals surface area contributed by atoms with Crippen LogP contribution in [0.25, 0.3) is 10.9 Å². The molecule has 3 heteroatoms. The number of aryl methyl sites for hydroxylation is 2. The van der Waals surface area contributed by atoms with Gasteiger partial charge in [0.25, 0.3) is 0 Å². The van der Waals surface area contributed by atoms with Crippen molar-refractivity contribution in [3.8, 4) is 0 Å². The number of anilines is 1. The molecule has 1 heterocycles. The first-order chi connectivity index (χ1) is 5.70. The molecule has 2 aromatic rings. The summed E-state index contributed by atoms with van der Waals surface area (Å²) in [5.74, 6) is 0. The quantitative estimate of drug-likeness (QED) is 0.594. The van der Waals surface area contributed by atoms with Crippen LogP contribution in [-0.4, -0.2) is 9.78 Å². The van der Waals surface area contributed by atoms with Crippen LogP contribution in [0, 0.1) is 6.92 Å². The van der Waals surface area contributed by atoms with E-state index in [0.717, 1.165) is 22.2 Å². The van der Waals surface area contributed by atoms with E-state index < -0.39 is 0 Å². The van der Waals surface area contributed by atoms with Gasteiger partial charge in [0.05, 0.1) is 11.7 Å². The molecule has 3 nitrogen and oxygen atoms in total. The first-order valence-electron chi connectivity index (χ1n) is 3.87. The molecular formula is C9H11N3. The number of nitrogens with two attached hydrogens (primary N) is 1. The number of benzene rings is 1. The van der Waals surface area contributed by atoms with E-state index >= 15 is 0 Å². The van der Waals surface area contributed by atoms with Crippen LogP contribution in [-0.2, 0) is 7.05 Å². The minimum atomic E-state index is 0.825. The number of hydrogen-bond acceptors (Lipinski definition) is 2. The number of rotatable bonds is 0. The molecule has 0 aliphatic carbocycles. The molecule has 0 radical (unpaired) electrons. The maximum atomic E-state index is 5.77. The van der Waals surface area contributed by atoms with Crippen LogP contribution in [0.1, 0.15) is 5.56 Å². The highest BCUT2D eigenvalue weighted by Gasteiger charge is 2.04. The smallest absolute Gasteiger partial charge is 0.0728 e. The Morgan fingerprint density at radius 1 is 1.42 bits per heavy atom. The van der Waals surface area contributed by atoms with Crippen molar-refractivity contribution in [3.05, 3.63) is 23.9 Å². The van der Waals surface area contributed by atoms with Gasteiger partial charge in [-0.3, -0.25) is 4.68 Å². The van der Waals surface area contributed by atoms with Crippen molar-refractivity contribution in [1.29, 1.82) is 0 Å². The van der Waals surface area contributed by atoms with Crippen LogP contribution >= 0.6 is 0 Å². The molecule has 0 spiro atoms. The Bertz CT molecular complexity index is 429. The molecule has 1 aromatic carbocycles. The fraction of sp³-hybridized carbons (Fsp3) is 0.222. The van der Waals surface area contributed by atoms with Crippen LogP contribution < -0.4 is 5.73 Å². The zero-order valence-corrected chi connectivity index (χ0v) is 7.20. The standard InChI is InChI=1S/C9H11N3/c1-6-8(10)4-3-7-5-11-12(2)9(6)7/h3-5H,10H2,1-2H3. The van der Waals surface area contributed by atoms with Gasteiger partial charge in [-0.05, 0) is 24.6 Å². The highest BCUT2D eigenvalue weighted by atomic mass is 15.2. The highest BCUT2D eigenvalue weighted by molar-refractivity contribution is 5.85. The Labute approximate surface area is 70.8 Å². The summed E-state index contributed by atoms with van der Waals surface area (Å²) in [6, 6.07) is 3.91. The summed E-state index contributed by atoms with van der Waals surface area (Å²) in [6.45, 7) is 2.01. The second kappa shape index (κ2) is 2.24. The Morgan fingerprint density at radius 2 is 2.17 bits per heavy atom. The summed E-state index contributed by atoms with van der Waals surface area (Å²) in [6.07, 6.45) is 1.85. The lowest BCUT2D eigenvalue weighted by Crippen LogP contribution is -1.95. The van der Waals surface area contributed by atoms with Crippen molar-refractivity contribution in [2.24, 2.45) is 7.05 Å². The maximum absolute atomic E-state index is 5.77. The molecule has 1 aromatic heterocycles. The van der Waals surface area contributed by atoms with E-state index in [4.69, 9.17) is 5.73 Å². The van der Waals surface area contributed by atoms with Gasteiger partial charge in [0.2, 0.25) is 0 Å². The first kappa shape index (κ1) is 7.16. The van der Waals surface area contributed by atoms with Crippen molar-refractivity contribution in [2.75, 3.05) is 5.73 Å². The van der Waals surface area contributed by atoms with Crippen LogP contribution in [0.2, 0.25) is 0 Å². The summed E-state index contributed by atoms with van der Waals surface area (Å²) >= 11 is 0. The Kier molecular flexibility index (Phi) is 1.33. The lowest BCUT2D eigenvalue weighted by atomic mass is 10.1. The Hall–Kier alpha value is -1.51. The predicted octanol–water partition coefficient (Wildman–Crippen LogP) is 1.46. The largest absolute Gasteiger partial charge is 0.398 e. The number of hydrogen-bond donors (Lipinski definition) is 1. The van der Waals surface area contributed by atoms with Gasteiger partial charge in [0.15, 0.2) is 0 Å². The summed E-state index contributed by atoms with van der Waals surface area (Å²) < 4.78 is 1.85. The monoisotopic (exact) mass is 161 g/mol. The van der Waals surface area contributed by atoms with E-state index in [-0.39, 0.29) is 0 Å². The normalized spacial score (nSPS) is 10.8. The van der Waals surface area contributed by atoms with Crippen LogP contribution in [0.5, 0.6) is 0 Å². The van der Waals surface area contributed by atoms with Crippen LogP contribution in [0.3, 0.4) is 0 Å². The molecule has 0 unspecified atom stereocenters. The van der Waals surface area contributed by atoms with E-state index in [1.54, 1.807) is 0 Å². The van der Waals surface area contributed by atoms with Gasteiger partial charge in [-0.25, -0.2) is 0 Å². The predicted molar refractivity (Wildman–Crippen MR) is 49.9 cm³/mol. The molecule has 0 atom stereocenters. The van der Waals surface area contributed by atoms with Crippen molar-refractivity contribution in [2.45, 2.75) is 6.92 Å². The SMILES string of the molecule is Cc1c(N)ccc2cnn(C)c12. The first-order valence-corrected chi connectivity index (χ1v) is 3.87. The maximum Gasteiger partial charge on any atom is 0.0728 e. The van der Waals surface area contributed by atoms with Crippen molar-refractivity contribution in [3.63, 3.8) is 0 Å². The lowest BCUT2D eigenvalue weighted by Gasteiger charge is -2.02. The average Bonchev–Trinajstić information content (AvgIpc) is 2.41. The summed E-state index contributed by atoms with van der Waals surface area (Å²) in [5, 5.41) is 5.30. The van der Waals surface area contributed by atoms with Crippen molar-refractivity contribution < 1.29 is 0 Å². The number of nitrogen functional groups attached to an aromatic ring is 1. The Balaban J connectivity index is 2.96. The van der Waals surface area contributed by atoms with E-state index in [1.807, 2.05) is 37.0 Å². The van der Waals surface area contributed by atoms with Crippen LogP contribution in [0.4, 0.5) is 5.69 Å². The molecular weight excluding hydrogens is 150 g/mol. The van der Waals surface area contributed by atoms with Gasteiger partial charge in [-0.15, -0.1) is 0 Å². The zero-order chi connectivity index (χ0) is 8.72. The molecule has 0 saturated heterocycles. The third-order valence-electron chi connectivity index (χ3n) is 2.20. The lowest BCUT2D eigenvalue weighted by molar-refractivity contribution is 0.795. The highest BCUT2D eigenvalue weighted by Crippen LogP contribution is 2.21. The molecule has 0 amide bonds. The molecule has 0 aliphatic heterocycles. The minimum absolute atomic E-state index is 0.825. The van der Waals surface area contributed by atoms with Gasteiger partial charge >= 0.3 is 0 Å². The van der Waals surface area contributed by atoms with Gasteiger partial charge in [0, 0.05) is 18.1 Å². The van der Waals surface area contributed by atoms with Gasteiger partial charge in [-0.2, -0.15) is 5.10 Å². The molecule has 0 saturated carbocycles. The number of fused-ring (bicyclic) bond motifs is 1. The fourth-order valence-electron chi connectivity index (χ4n) is 1.48. The average molecular weight is 161 g/mol. The van der Waals surface area contributed by atoms with Crippen LogP contribution in [0.15, 0.2) is 18.3 Å². The third-order valence-corrected chi connectivity index (χ3v) is 2.20. The van der Waals surface area contributed by atoms with E-state index in [9.17, 15) is 0 Å². The van der Waals surface area contributed by atoms with Crippen molar-refractivity contribution >= 4 is 16.6 Å². The summed E-state index contributed by atoms with van der Waals surface area (Å²) in [5.41, 5.74) is 8.82. The second-order valence-corrected chi connectivity index (χ2v) is 2.99. The Morgan fingerprint density at radius 3 is 2.92 bits per heavy atom. The number of aromatic nitrogens is 2. The topological polar surface area (TPSA) is 43.8 Å². The fourth-order valence-corrected chi connectivity index (χ4v) is 1.48.